The maximum Gasteiger partial charge on any atom is 0.353 e. The molecule has 0 radical (unpaired) electrons. The Kier molecular flexibility index (Phi) is 7.09. The van der Waals surface area contributed by atoms with E-state index < -0.39 is 53.4 Å². The summed E-state index contributed by atoms with van der Waals surface area (Å²) in [5, 5.41) is 32.8. The monoisotopic (exact) mass is 471 g/mol. The maximum atomic E-state index is 12.7. The molecule has 4 N–H and O–H groups in total. The van der Waals surface area contributed by atoms with Crippen LogP contribution >= 0.6 is 11.8 Å². The minimum Gasteiger partial charge on any atom is -0.480 e. The molecule has 3 amide bonds. The molecule has 2 aliphatic heterocycles. The average molecular weight is 471 g/mol. The fourth-order valence-electron chi connectivity index (χ4n) is 3.32. The third kappa shape index (κ3) is 4.85. The van der Waals surface area contributed by atoms with Crippen LogP contribution in [0.1, 0.15) is 17.9 Å². The molecule has 0 saturated carbocycles. The highest BCUT2D eigenvalue weighted by molar-refractivity contribution is 8.00. The van der Waals surface area contributed by atoms with Crippen LogP contribution in [0.15, 0.2) is 46.7 Å². The first-order valence-corrected chi connectivity index (χ1v) is 10.5. The summed E-state index contributed by atoms with van der Waals surface area (Å²) < 4.78 is 0. The lowest BCUT2D eigenvalue weighted by Crippen LogP contribution is -2.71. The number of carbonyl (C=O) groups is 5. The van der Waals surface area contributed by atoms with Gasteiger partial charge in [-0.1, -0.05) is 30.3 Å². The highest BCUT2D eigenvalue weighted by Crippen LogP contribution is 2.40. The summed E-state index contributed by atoms with van der Waals surface area (Å²) in [6.07, 6.45) is 0.655. The molecular formula is C20H17N5O7S. The largest absolute Gasteiger partial charge is 0.480 e. The van der Waals surface area contributed by atoms with E-state index in [1.165, 1.54) is 12.1 Å². The van der Waals surface area contributed by atoms with Crippen molar-refractivity contribution in [3.05, 3.63) is 47.2 Å². The van der Waals surface area contributed by atoms with Crippen LogP contribution < -0.4 is 10.7 Å². The molecule has 2 aliphatic rings. The number of nitrogens with zero attached hydrogens (tertiary/aromatic N) is 3. The van der Waals surface area contributed by atoms with Gasteiger partial charge in [0.25, 0.3) is 11.8 Å². The SMILES string of the molecule is N#CCC(=O)NN=CC1=C(C(=O)O)N2C(=O)C(NC(=O)C(C(=O)O)c3ccccc3)[C@@H]2SC1. The summed E-state index contributed by atoms with van der Waals surface area (Å²) >= 11 is 1.15. The molecule has 0 aromatic heterocycles. The molecule has 2 heterocycles. The van der Waals surface area contributed by atoms with Crippen molar-refractivity contribution in [3.8, 4) is 6.07 Å². The minimum atomic E-state index is -1.53. The number of nitrogens with one attached hydrogen (secondary N) is 2. The number of thioether (sulfide) groups is 1. The number of hydrazone groups is 1. The number of hydrogen-bond acceptors (Lipinski definition) is 8. The molecule has 2 unspecified atom stereocenters. The normalized spacial score (nSPS) is 20.3. The molecule has 0 aliphatic carbocycles. The quantitative estimate of drug-likeness (QED) is 0.169. The molecule has 1 saturated heterocycles. The number of hydrogen-bond donors (Lipinski definition) is 4. The Balaban J connectivity index is 1.76. The lowest BCUT2D eigenvalue weighted by Gasteiger charge is -2.49. The summed E-state index contributed by atoms with van der Waals surface area (Å²) in [7, 11) is 0. The summed E-state index contributed by atoms with van der Waals surface area (Å²) in [5.74, 6) is -6.51. The topological polar surface area (TPSA) is 189 Å². The Bertz CT molecular complexity index is 1110. The molecule has 13 heteroatoms. The van der Waals surface area contributed by atoms with Gasteiger partial charge in [-0.2, -0.15) is 10.4 Å². The van der Waals surface area contributed by atoms with Crippen LogP contribution in [0.4, 0.5) is 0 Å². The zero-order valence-electron chi connectivity index (χ0n) is 16.8. The number of aliphatic carboxylic acids is 2. The van der Waals surface area contributed by atoms with Crippen molar-refractivity contribution in [2.75, 3.05) is 5.75 Å². The number of rotatable bonds is 8. The molecule has 12 nitrogen and oxygen atoms in total. The van der Waals surface area contributed by atoms with Crippen molar-refractivity contribution in [1.82, 2.24) is 15.6 Å². The van der Waals surface area contributed by atoms with Crippen LogP contribution in [0.5, 0.6) is 0 Å². The Morgan fingerprint density at radius 3 is 2.58 bits per heavy atom. The van der Waals surface area contributed by atoms with Crippen molar-refractivity contribution in [2.45, 2.75) is 23.8 Å². The van der Waals surface area contributed by atoms with Crippen LogP contribution in [0.2, 0.25) is 0 Å². The van der Waals surface area contributed by atoms with E-state index in [1.807, 2.05) is 0 Å². The van der Waals surface area contributed by atoms with E-state index in [9.17, 15) is 34.2 Å². The van der Waals surface area contributed by atoms with Gasteiger partial charge >= 0.3 is 11.9 Å². The lowest BCUT2D eigenvalue weighted by molar-refractivity contribution is -0.152. The standard InChI is InChI=1S/C20H17N5O7S/c21-7-6-12(26)24-22-8-11-9-33-18-14(17(28)25(18)15(11)20(31)32)23-16(27)13(19(29)30)10-4-2-1-3-5-10/h1-5,8,13-14,18H,6,9H2,(H,23,27)(H,24,26)(H,29,30)(H,31,32)/t13?,14?,18-/m0/s1. The van der Waals surface area contributed by atoms with E-state index in [4.69, 9.17) is 5.26 Å². The van der Waals surface area contributed by atoms with Gasteiger partial charge in [0, 0.05) is 11.3 Å². The first-order valence-electron chi connectivity index (χ1n) is 9.44. The Morgan fingerprint density at radius 1 is 1.27 bits per heavy atom. The first-order chi connectivity index (χ1) is 15.8. The Hall–Kier alpha value is -4.18. The number of benzene rings is 1. The molecule has 3 atom stereocenters. The van der Waals surface area contributed by atoms with E-state index in [1.54, 1.807) is 24.3 Å². The zero-order chi connectivity index (χ0) is 24.1. The van der Waals surface area contributed by atoms with Crippen LogP contribution in [-0.2, 0) is 24.0 Å². The molecule has 1 fully saturated rings. The minimum absolute atomic E-state index is 0.0983. The molecular weight excluding hydrogens is 454 g/mol. The van der Waals surface area contributed by atoms with Crippen LogP contribution in [0, 0.1) is 11.3 Å². The highest BCUT2D eigenvalue weighted by atomic mass is 32.2. The Labute approximate surface area is 190 Å². The van der Waals surface area contributed by atoms with E-state index >= 15 is 0 Å². The molecule has 33 heavy (non-hydrogen) atoms. The zero-order valence-corrected chi connectivity index (χ0v) is 17.6. The second-order valence-electron chi connectivity index (χ2n) is 6.89. The highest BCUT2D eigenvalue weighted by Gasteiger charge is 2.54. The lowest BCUT2D eigenvalue weighted by atomic mass is 9.96. The van der Waals surface area contributed by atoms with Gasteiger partial charge in [0.1, 0.15) is 23.5 Å². The summed E-state index contributed by atoms with van der Waals surface area (Å²) in [4.78, 5) is 61.1. The fraction of sp³-hybridized carbons (Fsp3) is 0.250. The third-order valence-corrected chi connectivity index (χ3v) is 6.09. The smallest absolute Gasteiger partial charge is 0.353 e. The van der Waals surface area contributed by atoms with Crippen LogP contribution in [0.3, 0.4) is 0 Å². The van der Waals surface area contributed by atoms with Crippen molar-refractivity contribution in [1.29, 1.82) is 5.26 Å². The molecule has 3 rings (SSSR count). The van der Waals surface area contributed by atoms with Gasteiger partial charge in [-0.05, 0) is 5.56 Å². The molecule has 0 bridgehead atoms. The van der Waals surface area contributed by atoms with Gasteiger partial charge in [-0.15, -0.1) is 11.8 Å². The van der Waals surface area contributed by atoms with Crippen LogP contribution in [0.25, 0.3) is 0 Å². The van der Waals surface area contributed by atoms with Gasteiger partial charge in [-0.25, -0.2) is 10.2 Å². The van der Waals surface area contributed by atoms with E-state index in [0.717, 1.165) is 22.9 Å². The first kappa shape index (κ1) is 23.5. The predicted octanol–water partition coefficient (Wildman–Crippen LogP) is -0.391. The molecule has 170 valence electrons. The predicted molar refractivity (Wildman–Crippen MR) is 113 cm³/mol. The summed E-state index contributed by atoms with van der Waals surface area (Å²) in [6.45, 7) is 0. The Morgan fingerprint density at radius 2 is 1.97 bits per heavy atom. The molecule has 0 spiro atoms. The van der Waals surface area contributed by atoms with E-state index in [0.29, 0.717) is 0 Å². The fourth-order valence-corrected chi connectivity index (χ4v) is 4.62. The van der Waals surface area contributed by atoms with Gasteiger partial charge in [0.05, 0.1) is 12.3 Å². The maximum absolute atomic E-state index is 12.7. The van der Waals surface area contributed by atoms with Gasteiger partial charge in [0.15, 0.2) is 5.92 Å². The summed E-state index contributed by atoms with van der Waals surface area (Å²) in [5.41, 5.74) is 2.10. The molecule has 1 aromatic rings. The van der Waals surface area contributed by atoms with Crippen molar-refractivity contribution in [2.24, 2.45) is 5.10 Å². The summed E-state index contributed by atoms with van der Waals surface area (Å²) in [6, 6.07) is 8.34. The van der Waals surface area contributed by atoms with E-state index in [2.05, 4.69) is 15.8 Å². The van der Waals surface area contributed by atoms with Crippen LogP contribution in [-0.4, -0.2) is 68.2 Å². The van der Waals surface area contributed by atoms with Gasteiger partial charge < -0.3 is 15.5 Å². The van der Waals surface area contributed by atoms with Gasteiger partial charge in [0.2, 0.25) is 5.91 Å². The number of carboxylic acid groups (broad SMARTS) is 2. The second-order valence-corrected chi connectivity index (χ2v) is 7.99. The average Bonchev–Trinajstić information content (AvgIpc) is 2.77. The number of β-lactam (4-membered cyclic amide) rings is 1. The van der Waals surface area contributed by atoms with Gasteiger partial charge in [-0.3, -0.25) is 24.1 Å². The van der Waals surface area contributed by atoms with Crippen molar-refractivity contribution in [3.63, 3.8) is 0 Å². The second kappa shape index (κ2) is 9.96. The third-order valence-electron chi connectivity index (χ3n) is 4.79. The number of nitriles is 1. The van der Waals surface area contributed by atoms with Crippen molar-refractivity contribution < 1.29 is 34.2 Å². The number of carboxylic acids is 2. The number of amides is 3. The number of carbonyl (C=O) groups excluding carboxylic acids is 3. The molecule has 1 aromatic carbocycles. The number of fused-ring (bicyclic) bond motifs is 1. The van der Waals surface area contributed by atoms with E-state index in [-0.39, 0.29) is 22.6 Å². The van der Waals surface area contributed by atoms with Crippen molar-refractivity contribution >= 4 is 47.6 Å².